The molecule has 3 aliphatic heterocycles. The van der Waals surface area contributed by atoms with Crippen molar-refractivity contribution < 1.29 is 51.9 Å². The molecule has 0 spiro atoms. The highest BCUT2D eigenvalue weighted by Crippen LogP contribution is 2.46. The van der Waals surface area contributed by atoms with Gasteiger partial charge in [-0.3, -0.25) is 18.5 Å². The number of hydrogen-bond acceptors (Lipinski definition) is 16. The largest absolute Gasteiger partial charge is 0.394 e. The average molecular weight is 906 g/mol. The van der Waals surface area contributed by atoms with Crippen molar-refractivity contribution in [1.29, 1.82) is 0 Å². The van der Waals surface area contributed by atoms with Crippen LogP contribution in [0.1, 0.15) is 70.1 Å². The van der Waals surface area contributed by atoms with E-state index < -0.39 is 83.8 Å². The fourth-order valence-electron chi connectivity index (χ4n) is 7.69. The molecule has 0 bridgehead atoms. The molecule has 0 saturated carbocycles. The Morgan fingerprint density at radius 3 is 1.70 bits per heavy atom. The summed E-state index contributed by atoms with van der Waals surface area (Å²) in [6, 6.07) is 12.8. The van der Waals surface area contributed by atoms with Gasteiger partial charge in [-0.15, -0.1) is 0 Å². The van der Waals surface area contributed by atoms with Crippen molar-refractivity contribution in [3.05, 3.63) is 104 Å². The average Bonchev–Trinajstić information content (AvgIpc) is 3.74. The normalized spacial score (nSPS) is 32.0. The molecule has 64 heavy (non-hydrogen) atoms. The molecular formula is C41H54F3N9O11. The van der Waals surface area contributed by atoms with E-state index in [9.17, 15) is 33.1 Å². The summed E-state index contributed by atoms with van der Waals surface area (Å²) in [4.78, 5) is 58.8. The number of alkyl halides is 3. The number of carbonyl (C=O) groups is 1. The number of amides is 1. The molecule has 7 rings (SSSR count). The number of hydrogen-bond donors (Lipinski definition) is 5. The van der Waals surface area contributed by atoms with Crippen LogP contribution in [0.5, 0.6) is 0 Å². The van der Waals surface area contributed by atoms with Gasteiger partial charge in [0.2, 0.25) is 0 Å². The van der Waals surface area contributed by atoms with Crippen LogP contribution in [0.4, 0.5) is 30.6 Å². The van der Waals surface area contributed by atoms with Crippen molar-refractivity contribution in [2.24, 2.45) is 5.92 Å². The van der Waals surface area contributed by atoms with E-state index in [2.05, 4.69) is 20.3 Å². The summed E-state index contributed by atoms with van der Waals surface area (Å²) in [5.41, 5.74) is 3.26. The van der Waals surface area contributed by atoms with E-state index in [-0.39, 0.29) is 42.0 Å². The lowest BCUT2D eigenvalue weighted by atomic mass is 9.88. The first kappa shape index (κ1) is 49.5. The van der Waals surface area contributed by atoms with Crippen LogP contribution in [0, 0.1) is 5.92 Å². The third-order valence-corrected chi connectivity index (χ3v) is 11.4. The van der Waals surface area contributed by atoms with Gasteiger partial charge in [0.1, 0.15) is 41.9 Å². The Labute approximate surface area is 364 Å². The van der Waals surface area contributed by atoms with Crippen LogP contribution in [0.15, 0.2) is 81.5 Å². The highest BCUT2D eigenvalue weighted by molar-refractivity contribution is 6.03. The van der Waals surface area contributed by atoms with E-state index >= 15 is 4.39 Å². The molecule has 3 aliphatic rings. The van der Waals surface area contributed by atoms with E-state index in [4.69, 9.17) is 40.3 Å². The van der Waals surface area contributed by atoms with E-state index in [0.717, 1.165) is 20.6 Å². The van der Waals surface area contributed by atoms with Crippen LogP contribution in [0.25, 0.3) is 0 Å². The number of carbonyl (C=O) groups excluding carboxylic acids is 1. The highest BCUT2D eigenvalue weighted by atomic mass is 19.2. The van der Waals surface area contributed by atoms with Gasteiger partial charge < -0.3 is 50.7 Å². The predicted octanol–water partition coefficient (Wildman–Crippen LogP) is 2.08. The van der Waals surface area contributed by atoms with Gasteiger partial charge in [0.25, 0.3) is 5.91 Å². The summed E-state index contributed by atoms with van der Waals surface area (Å²) in [7, 11) is 2.87. The Kier molecular flexibility index (Phi) is 15.5. The van der Waals surface area contributed by atoms with Crippen LogP contribution in [0.3, 0.4) is 0 Å². The molecule has 4 aromatic rings. The van der Waals surface area contributed by atoms with Crippen molar-refractivity contribution in [3.8, 4) is 0 Å². The standard InChI is InChI=1S/C19H22FN3O3.C12H18FN3O4.C10H14FN3O4/c1-4-14-12(2)19(3,20)17(26-14)23-11-10-15(22-18(23)25)21-16(24)13-8-6-5-7-9-13;1-12(13)9(19-3)7(6-18-2)20-10(12)16-5-4-8(14)15-11(16)17;1-10(11)7(16)5(4-15)18-8(10)14-3-2-6(12)13-9(14)17/h5-12,14,17H,4H2,1-3H3,(H,21,22,24,25);4-5,7,9-10H,6H2,1-3H3,(H2,14,15,17);2-3,5,7-8,15-16H,4H2,1H3,(H2,12,13,17)/t12?,14-,17-,19+;7-,9?,10-,12+;5-,7?,8-,10+/m111/s1. The van der Waals surface area contributed by atoms with Crippen molar-refractivity contribution in [2.45, 2.75) is 107 Å². The van der Waals surface area contributed by atoms with Gasteiger partial charge in [0.15, 0.2) is 35.7 Å². The van der Waals surface area contributed by atoms with Crippen LogP contribution in [0.2, 0.25) is 0 Å². The van der Waals surface area contributed by atoms with Crippen LogP contribution in [-0.4, -0.2) is 120 Å². The Morgan fingerprint density at radius 2 is 1.25 bits per heavy atom. The van der Waals surface area contributed by atoms with Gasteiger partial charge in [-0.1, -0.05) is 32.0 Å². The number of ether oxygens (including phenoxy) is 5. The van der Waals surface area contributed by atoms with Crippen molar-refractivity contribution in [3.63, 3.8) is 0 Å². The maximum absolute atomic E-state index is 15.1. The number of nitrogens with two attached hydrogens (primary N) is 2. The number of nitrogen functional groups attached to an aromatic ring is 2. The van der Waals surface area contributed by atoms with E-state index in [1.54, 1.807) is 37.3 Å². The summed E-state index contributed by atoms with van der Waals surface area (Å²) < 4.78 is 74.2. The molecule has 0 radical (unpaired) electrons. The topological polar surface area (TPSA) is 272 Å². The lowest BCUT2D eigenvalue weighted by Crippen LogP contribution is -2.44. The smallest absolute Gasteiger partial charge is 0.351 e. The molecule has 0 aliphatic carbocycles. The van der Waals surface area contributed by atoms with E-state index in [1.165, 1.54) is 64.9 Å². The molecule has 3 aromatic heterocycles. The molecular weight excluding hydrogens is 851 g/mol. The molecule has 7 N–H and O–H groups in total. The number of nitrogens with one attached hydrogen (secondary N) is 1. The number of methoxy groups -OCH3 is 2. The molecule has 3 fully saturated rings. The minimum absolute atomic E-state index is 0.00839. The minimum atomic E-state index is -2.21. The molecule has 20 nitrogen and oxygen atoms in total. The maximum Gasteiger partial charge on any atom is 0.351 e. The van der Waals surface area contributed by atoms with Crippen LogP contribution >= 0.6 is 0 Å². The number of benzene rings is 1. The zero-order valence-electron chi connectivity index (χ0n) is 36.2. The molecule has 12 atom stereocenters. The molecule has 1 aromatic carbocycles. The third-order valence-electron chi connectivity index (χ3n) is 11.4. The highest BCUT2D eigenvalue weighted by Gasteiger charge is 2.57. The molecule has 3 saturated heterocycles. The first-order valence-electron chi connectivity index (χ1n) is 20.1. The Morgan fingerprint density at radius 1 is 0.766 bits per heavy atom. The first-order valence-corrected chi connectivity index (χ1v) is 20.1. The number of aromatic nitrogens is 6. The third kappa shape index (κ3) is 10.2. The molecule has 1 amide bonds. The minimum Gasteiger partial charge on any atom is -0.394 e. The van der Waals surface area contributed by atoms with E-state index in [1.807, 2.05) is 6.92 Å². The lowest BCUT2D eigenvalue weighted by molar-refractivity contribution is -0.0666. The van der Waals surface area contributed by atoms with Gasteiger partial charge in [0.05, 0.1) is 19.3 Å². The number of aliphatic hydroxyl groups excluding tert-OH is 2. The van der Waals surface area contributed by atoms with Crippen LogP contribution < -0.4 is 33.9 Å². The second-order valence-corrected chi connectivity index (χ2v) is 15.9. The SMILES string of the molecule is CC[C@H]1O[C@@H](n2ccc(NC(=O)c3ccccc3)nc2=O)[C@@](C)(F)C1C.COC[C@H]1O[C@@H](n2ccc(N)nc2=O)[C@@](C)(F)C1OC.C[C@]1(F)C(O)[C@@H](CO)O[C@H]1n1ccc(N)nc1=O. The van der Waals surface area contributed by atoms with Crippen molar-refractivity contribution >= 4 is 23.4 Å². The van der Waals surface area contributed by atoms with Gasteiger partial charge >= 0.3 is 17.1 Å². The fraction of sp³-hybridized carbons (Fsp3) is 0.537. The summed E-state index contributed by atoms with van der Waals surface area (Å²) in [6.07, 6.45) is -3.24. The fourth-order valence-corrected chi connectivity index (χ4v) is 7.69. The monoisotopic (exact) mass is 905 g/mol. The van der Waals surface area contributed by atoms with Gasteiger partial charge in [-0.05, 0) is 57.5 Å². The molecule has 3 unspecified atom stereocenters. The summed E-state index contributed by atoms with van der Waals surface area (Å²) >= 11 is 0. The quantitative estimate of drug-likeness (QED) is 0.152. The molecule has 23 heteroatoms. The Balaban J connectivity index is 0.000000184. The lowest BCUT2D eigenvalue weighted by Gasteiger charge is -2.26. The van der Waals surface area contributed by atoms with Gasteiger partial charge in [-0.25, -0.2) is 27.6 Å². The predicted molar refractivity (Wildman–Crippen MR) is 224 cm³/mol. The second kappa shape index (κ2) is 20.1. The van der Waals surface area contributed by atoms with Gasteiger partial charge in [0, 0.05) is 44.3 Å². The summed E-state index contributed by atoms with van der Waals surface area (Å²) in [5.74, 6) is -0.529. The second-order valence-electron chi connectivity index (χ2n) is 15.9. The molecule has 6 heterocycles. The zero-order chi connectivity index (χ0) is 47.3. The van der Waals surface area contributed by atoms with E-state index in [0.29, 0.717) is 12.0 Å². The van der Waals surface area contributed by atoms with Crippen molar-refractivity contribution in [2.75, 3.05) is 44.2 Å². The van der Waals surface area contributed by atoms with Crippen LogP contribution in [-0.2, 0) is 23.7 Å². The maximum atomic E-state index is 15.1. The van der Waals surface area contributed by atoms with Gasteiger partial charge in [-0.2, -0.15) is 15.0 Å². The Bertz CT molecular complexity index is 2400. The summed E-state index contributed by atoms with van der Waals surface area (Å²) in [6.45, 7) is 7.17. The number of rotatable bonds is 10. The first-order chi connectivity index (χ1) is 30.1. The number of aliphatic hydroxyl groups is 2. The number of anilines is 3. The Hall–Kier alpha value is -5.56. The number of nitrogens with zero attached hydrogens (tertiary/aromatic N) is 6. The van der Waals surface area contributed by atoms with Crippen molar-refractivity contribution in [1.82, 2.24) is 28.7 Å². The number of halogens is 3. The summed E-state index contributed by atoms with van der Waals surface area (Å²) in [5, 5.41) is 21.2. The zero-order valence-corrected chi connectivity index (χ0v) is 36.2. The molecule has 350 valence electrons.